The molecule has 0 saturated heterocycles. The molecule has 0 aliphatic rings. The van der Waals surface area contributed by atoms with Crippen LogP contribution < -0.4 is 0 Å². The SMILES string of the molecule is CC/C=C(\CC)OC(=O)O/C(=C/CC)CC. The first-order valence-corrected chi connectivity index (χ1v) is 5.95. The van der Waals surface area contributed by atoms with E-state index in [4.69, 9.17) is 9.47 Å². The van der Waals surface area contributed by atoms with Crippen LogP contribution in [-0.2, 0) is 9.47 Å². The van der Waals surface area contributed by atoms with Gasteiger partial charge in [-0.15, -0.1) is 0 Å². The minimum atomic E-state index is -0.636. The molecular formula is C13H22O3. The fourth-order valence-electron chi connectivity index (χ4n) is 1.21. The highest BCUT2D eigenvalue weighted by Gasteiger charge is 2.09. The van der Waals surface area contributed by atoms with Gasteiger partial charge in [0, 0.05) is 12.8 Å². The minimum absolute atomic E-state index is 0.636. The van der Waals surface area contributed by atoms with Crippen molar-refractivity contribution in [3.63, 3.8) is 0 Å². The van der Waals surface area contributed by atoms with Gasteiger partial charge in [0.1, 0.15) is 11.5 Å². The molecule has 0 bridgehead atoms. The van der Waals surface area contributed by atoms with E-state index in [2.05, 4.69) is 0 Å². The van der Waals surface area contributed by atoms with Crippen LogP contribution in [-0.4, -0.2) is 6.16 Å². The standard InChI is InChI=1S/C13H22O3/c1-5-9-11(7-3)15-13(14)16-12(8-4)10-6-2/h9-10H,5-8H2,1-4H3/b11-9+,12-10+. The van der Waals surface area contributed by atoms with Crippen LogP contribution in [0.15, 0.2) is 23.7 Å². The molecule has 3 heteroatoms. The lowest BCUT2D eigenvalue weighted by atomic mass is 10.3. The van der Waals surface area contributed by atoms with Gasteiger partial charge in [-0.05, 0) is 25.0 Å². The Labute approximate surface area is 98.1 Å². The van der Waals surface area contributed by atoms with Crippen LogP contribution in [0.1, 0.15) is 53.4 Å². The molecule has 0 rings (SSSR count). The van der Waals surface area contributed by atoms with E-state index in [0.717, 1.165) is 12.8 Å². The molecular weight excluding hydrogens is 204 g/mol. The van der Waals surface area contributed by atoms with E-state index < -0.39 is 6.16 Å². The lowest BCUT2D eigenvalue weighted by Crippen LogP contribution is -2.06. The van der Waals surface area contributed by atoms with Crippen LogP contribution in [0.4, 0.5) is 4.79 Å². The maximum Gasteiger partial charge on any atom is 0.518 e. The summed E-state index contributed by atoms with van der Waals surface area (Å²) in [5.41, 5.74) is 0. The van der Waals surface area contributed by atoms with Crippen LogP contribution in [0.2, 0.25) is 0 Å². The molecule has 0 amide bonds. The van der Waals surface area contributed by atoms with Crippen molar-refractivity contribution < 1.29 is 14.3 Å². The molecule has 0 aromatic heterocycles. The lowest BCUT2D eigenvalue weighted by molar-refractivity contribution is 0.0976. The number of allylic oxidation sites excluding steroid dienone is 4. The Balaban J connectivity index is 4.26. The second-order valence-electron chi connectivity index (χ2n) is 3.32. The van der Waals surface area contributed by atoms with Crippen LogP contribution in [0.5, 0.6) is 0 Å². The summed E-state index contributed by atoms with van der Waals surface area (Å²) in [6.45, 7) is 7.88. The minimum Gasteiger partial charge on any atom is -0.400 e. The van der Waals surface area contributed by atoms with Crippen molar-refractivity contribution in [1.82, 2.24) is 0 Å². The highest BCUT2D eigenvalue weighted by molar-refractivity contribution is 5.62. The van der Waals surface area contributed by atoms with Gasteiger partial charge < -0.3 is 9.47 Å². The first-order valence-electron chi connectivity index (χ1n) is 5.95. The average molecular weight is 226 g/mol. The number of carbonyl (C=O) groups excluding carboxylic acids is 1. The summed E-state index contributed by atoms with van der Waals surface area (Å²) in [5, 5.41) is 0. The fraction of sp³-hybridized carbons (Fsp3) is 0.615. The number of hydrogen-bond donors (Lipinski definition) is 0. The van der Waals surface area contributed by atoms with Gasteiger partial charge in [-0.25, -0.2) is 4.79 Å². The number of hydrogen-bond acceptors (Lipinski definition) is 3. The van der Waals surface area contributed by atoms with Gasteiger partial charge in [-0.2, -0.15) is 0 Å². The molecule has 3 nitrogen and oxygen atoms in total. The Kier molecular flexibility index (Phi) is 8.31. The third kappa shape index (κ3) is 6.27. The van der Waals surface area contributed by atoms with Crippen molar-refractivity contribution in [2.45, 2.75) is 53.4 Å². The summed E-state index contributed by atoms with van der Waals surface area (Å²) in [6, 6.07) is 0. The Morgan fingerprint density at radius 2 is 1.25 bits per heavy atom. The zero-order valence-corrected chi connectivity index (χ0v) is 10.7. The molecule has 16 heavy (non-hydrogen) atoms. The second kappa shape index (κ2) is 9.01. The highest BCUT2D eigenvalue weighted by atomic mass is 16.7. The molecule has 0 unspecified atom stereocenters. The van der Waals surface area contributed by atoms with E-state index in [1.165, 1.54) is 0 Å². The molecule has 0 saturated carbocycles. The second-order valence-corrected chi connectivity index (χ2v) is 3.32. The monoisotopic (exact) mass is 226 g/mol. The number of carbonyl (C=O) groups is 1. The predicted octanol–water partition coefficient (Wildman–Crippen LogP) is 4.55. The van der Waals surface area contributed by atoms with Crippen LogP contribution in [0.25, 0.3) is 0 Å². The summed E-state index contributed by atoms with van der Waals surface area (Å²) >= 11 is 0. The van der Waals surface area contributed by atoms with Crippen LogP contribution in [0, 0.1) is 0 Å². The van der Waals surface area contributed by atoms with E-state index in [9.17, 15) is 4.79 Å². The average Bonchev–Trinajstić information content (AvgIpc) is 2.27. The van der Waals surface area contributed by atoms with Crippen molar-refractivity contribution in [2.24, 2.45) is 0 Å². The smallest absolute Gasteiger partial charge is 0.400 e. The molecule has 0 spiro atoms. The topological polar surface area (TPSA) is 35.5 Å². The summed E-state index contributed by atoms with van der Waals surface area (Å²) in [7, 11) is 0. The molecule has 0 aliphatic carbocycles. The van der Waals surface area contributed by atoms with Crippen molar-refractivity contribution in [1.29, 1.82) is 0 Å². The summed E-state index contributed by atoms with van der Waals surface area (Å²) in [6.07, 6.45) is 6.23. The molecule has 0 heterocycles. The maximum atomic E-state index is 11.4. The van der Waals surface area contributed by atoms with Crippen molar-refractivity contribution >= 4 is 6.16 Å². The summed E-state index contributed by atoms with van der Waals surface area (Å²) in [4.78, 5) is 11.4. The van der Waals surface area contributed by atoms with Crippen molar-refractivity contribution in [3.8, 4) is 0 Å². The largest absolute Gasteiger partial charge is 0.518 e. The molecule has 0 radical (unpaired) electrons. The molecule has 0 fully saturated rings. The molecule has 0 aromatic rings. The fourth-order valence-corrected chi connectivity index (χ4v) is 1.21. The van der Waals surface area contributed by atoms with Gasteiger partial charge in [0.05, 0.1) is 0 Å². The van der Waals surface area contributed by atoms with Gasteiger partial charge in [0.15, 0.2) is 0 Å². The third-order valence-corrected chi connectivity index (χ3v) is 1.99. The summed E-state index contributed by atoms with van der Waals surface area (Å²) in [5.74, 6) is 1.33. The van der Waals surface area contributed by atoms with E-state index in [1.54, 1.807) is 0 Å². The first kappa shape index (κ1) is 14.8. The first-order chi connectivity index (χ1) is 7.67. The number of ether oxygens (including phenoxy) is 2. The van der Waals surface area contributed by atoms with Gasteiger partial charge in [-0.1, -0.05) is 27.7 Å². The molecule has 0 aliphatic heterocycles. The maximum absolute atomic E-state index is 11.4. The van der Waals surface area contributed by atoms with Crippen molar-refractivity contribution in [2.75, 3.05) is 0 Å². The molecule has 92 valence electrons. The van der Waals surface area contributed by atoms with E-state index >= 15 is 0 Å². The normalized spacial score (nSPS) is 12.5. The van der Waals surface area contributed by atoms with Crippen LogP contribution >= 0.6 is 0 Å². The zero-order valence-electron chi connectivity index (χ0n) is 10.7. The van der Waals surface area contributed by atoms with E-state index in [1.807, 2.05) is 39.8 Å². The summed E-state index contributed by atoms with van der Waals surface area (Å²) < 4.78 is 10.2. The van der Waals surface area contributed by atoms with Crippen molar-refractivity contribution in [3.05, 3.63) is 23.7 Å². The quantitative estimate of drug-likeness (QED) is 0.492. The molecule has 0 atom stereocenters. The van der Waals surface area contributed by atoms with Gasteiger partial charge in [-0.3, -0.25) is 0 Å². The third-order valence-electron chi connectivity index (χ3n) is 1.99. The lowest BCUT2D eigenvalue weighted by Gasteiger charge is -2.08. The van der Waals surface area contributed by atoms with E-state index in [0.29, 0.717) is 24.4 Å². The van der Waals surface area contributed by atoms with E-state index in [-0.39, 0.29) is 0 Å². The number of rotatable bonds is 6. The van der Waals surface area contributed by atoms with Crippen LogP contribution in [0.3, 0.4) is 0 Å². The Morgan fingerprint density at radius 3 is 1.50 bits per heavy atom. The Morgan fingerprint density at radius 1 is 0.875 bits per heavy atom. The molecule has 0 aromatic carbocycles. The Bertz CT molecular complexity index is 238. The predicted molar refractivity (Wildman–Crippen MR) is 64.9 cm³/mol. The highest BCUT2D eigenvalue weighted by Crippen LogP contribution is 2.10. The van der Waals surface area contributed by atoms with Gasteiger partial charge in [0.2, 0.25) is 0 Å². The van der Waals surface area contributed by atoms with Gasteiger partial charge in [0.25, 0.3) is 0 Å². The molecule has 0 N–H and O–H groups in total. The Hall–Kier alpha value is -1.25. The van der Waals surface area contributed by atoms with Gasteiger partial charge >= 0.3 is 6.16 Å². The zero-order chi connectivity index (χ0) is 12.4.